The van der Waals surface area contributed by atoms with Crippen molar-refractivity contribution in [2.24, 2.45) is 0 Å². The maximum absolute atomic E-state index is 14.2. The summed E-state index contributed by atoms with van der Waals surface area (Å²) in [6.45, 7) is 3.12. The fourth-order valence-electron chi connectivity index (χ4n) is 2.40. The van der Waals surface area contributed by atoms with E-state index in [9.17, 15) is 4.39 Å². The molecule has 1 aliphatic rings. The van der Waals surface area contributed by atoms with Gasteiger partial charge < -0.3 is 4.74 Å². The smallest absolute Gasteiger partial charge is 0.130 e. The van der Waals surface area contributed by atoms with Crippen molar-refractivity contribution in [1.82, 2.24) is 0 Å². The molecule has 0 spiro atoms. The van der Waals surface area contributed by atoms with E-state index in [1.165, 1.54) is 11.1 Å². The summed E-state index contributed by atoms with van der Waals surface area (Å²) >= 11 is 3.61. The van der Waals surface area contributed by atoms with Crippen LogP contribution in [0.5, 0.6) is 0 Å². The molecule has 2 aromatic rings. The van der Waals surface area contributed by atoms with Gasteiger partial charge in [-0.1, -0.05) is 52.3 Å². The SMILES string of the molecule is Cc1cccc(C(Br)c2ccc3c(c2)COC3)c1F. The topological polar surface area (TPSA) is 9.23 Å². The van der Waals surface area contributed by atoms with Gasteiger partial charge in [0.25, 0.3) is 0 Å². The third-order valence-electron chi connectivity index (χ3n) is 3.53. The minimum Gasteiger partial charge on any atom is -0.372 e. The van der Waals surface area contributed by atoms with Gasteiger partial charge in [0.2, 0.25) is 0 Å². The Labute approximate surface area is 120 Å². The zero-order valence-electron chi connectivity index (χ0n) is 10.6. The summed E-state index contributed by atoms with van der Waals surface area (Å²) in [7, 11) is 0. The van der Waals surface area contributed by atoms with Crippen molar-refractivity contribution >= 4 is 15.9 Å². The second-order valence-electron chi connectivity index (χ2n) is 4.86. The molecule has 0 saturated carbocycles. The van der Waals surface area contributed by atoms with Crippen LogP contribution < -0.4 is 0 Å². The Balaban J connectivity index is 2.00. The van der Waals surface area contributed by atoms with Gasteiger partial charge in [-0.05, 0) is 29.2 Å². The molecular weight excluding hydrogens is 307 g/mol. The van der Waals surface area contributed by atoms with E-state index in [2.05, 4.69) is 28.1 Å². The van der Waals surface area contributed by atoms with E-state index in [-0.39, 0.29) is 10.6 Å². The summed E-state index contributed by atoms with van der Waals surface area (Å²) in [5.74, 6) is -0.138. The van der Waals surface area contributed by atoms with E-state index in [1.54, 1.807) is 13.0 Å². The van der Waals surface area contributed by atoms with Crippen molar-refractivity contribution in [2.45, 2.75) is 25.0 Å². The molecule has 0 N–H and O–H groups in total. The maximum Gasteiger partial charge on any atom is 0.130 e. The van der Waals surface area contributed by atoms with E-state index in [0.717, 1.165) is 5.56 Å². The maximum atomic E-state index is 14.2. The molecular formula is C16H14BrFO. The molecule has 0 saturated heterocycles. The van der Waals surface area contributed by atoms with E-state index < -0.39 is 0 Å². The van der Waals surface area contributed by atoms with Crippen LogP contribution in [0.2, 0.25) is 0 Å². The number of halogens is 2. The first kappa shape index (κ1) is 12.8. The monoisotopic (exact) mass is 320 g/mol. The van der Waals surface area contributed by atoms with Crippen LogP contribution in [0.3, 0.4) is 0 Å². The summed E-state index contributed by atoms with van der Waals surface area (Å²) in [6, 6.07) is 11.7. The Morgan fingerprint density at radius 1 is 1.16 bits per heavy atom. The molecule has 1 heterocycles. The average Bonchev–Trinajstić information content (AvgIpc) is 2.88. The van der Waals surface area contributed by atoms with Gasteiger partial charge in [0.1, 0.15) is 5.82 Å². The fraction of sp³-hybridized carbons (Fsp3) is 0.250. The number of hydrogen-bond acceptors (Lipinski definition) is 1. The molecule has 0 fully saturated rings. The molecule has 1 atom stereocenters. The van der Waals surface area contributed by atoms with E-state index in [4.69, 9.17) is 4.74 Å². The molecule has 2 aromatic carbocycles. The number of rotatable bonds is 2. The first-order chi connectivity index (χ1) is 9.16. The van der Waals surface area contributed by atoms with Crippen molar-refractivity contribution in [3.63, 3.8) is 0 Å². The van der Waals surface area contributed by atoms with Crippen molar-refractivity contribution < 1.29 is 9.13 Å². The Kier molecular flexibility index (Phi) is 3.42. The zero-order valence-corrected chi connectivity index (χ0v) is 12.2. The van der Waals surface area contributed by atoms with Crippen LogP contribution in [0.1, 0.15) is 32.6 Å². The minimum absolute atomic E-state index is 0.127. The van der Waals surface area contributed by atoms with Gasteiger partial charge in [0.15, 0.2) is 0 Å². The molecule has 1 nitrogen and oxygen atoms in total. The number of alkyl halides is 1. The van der Waals surface area contributed by atoms with Crippen LogP contribution in [0, 0.1) is 12.7 Å². The van der Waals surface area contributed by atoms with Crippen LogP contribution in [-0.2, 0) is 18.0 Å². The Hall–Kier alpha value is -1.19. The second-order valence-corrected chi connectivity index (χ2v) is 5.78. The lowest BCUT2D eigenvalue weighted by Gasteiger charge is -2.14. The summed E-state index contributed by atoms with van der Waals surface area (Å²) in [6.07, 6.45) is 0. The van der Waals surface area contributed by atoms with Gasteiger partial charge in [-0.3, -0.25) is 0 Å². The molecule has 0 aromatic heterocycles. The molecule has 98 valence electrons. The Morgan fingerprint density at radius 2 is 1.95 bits per heavy atom. The number of aryl methyl sites for hydroxylation is 1. The van der Waals surface area contributed by atoms with Gasteiger partial charge in [0, 0.05) is 5.56 Å². The summed E-state index contributed by atoms with van der Waals surface area (Å²) in [4.78, 5) is -0.127. The second kappa shape index (κ2) is 5.06. The highest BCUT2D eigenvalue weighted by Gasteiger charge is 2.18. The standard InChI is InChI=1S/C16H14BrFO/c1-10-3-2-4-14(16(10)18)15(17)11-5-6-12-8-19-9-13(12)7-11/h2-7,15H,8-9H2,1H3. The van der Waals surface area contributed by atoms with Crippen molar-refractivity contribution in [2.75, 3.05) is 0 Å². The highest BCUT2D eigenvalue weighted by molar-refractivity contribution is 9.09. The van der Waals surface area contributed by atoms with Crippen LogP contribution in [0.25, 0.3) is 0 Å². The molecule has 0 radical (unpaired) electrons. The van der Waals surface area contributed by atoms with Gasteiger partial charge in [0.05, 0.1) is 18.0 Å². The van der Waals surface area contributed by atoms with Crippen LogP contribution in [0.4, 0.5) is 4.39 Å². The molecule has 1 unspecified atom stereocenters. The van der Waals surface area contributed by atoms with Crippen molar-refractivity contribution in [1.29, 1.82) is 0 Å². The lowest BCUT2D eigenvalue weighted by molar-refractivity contribution is 0.134. The van der Waals surface area contributed by atoms with Crippen LogP contribution in [-0.4, -0.2) is 0 Å². The summed E-state index contributed by atoms with van der Waals surface area (Å²) in [5, 5.41) is 0. The van der Waals surface area contributed by atoms with Gasteiger partial charge in [-0.15, -0.1) is 0 Å². The molecule has 0 aliphatic carbocycles. The van der Waals surface area contributed by atoms with Crippen molar-refractivity contribution in [3.05, 3.63) is 70.0 Å². The van der Waals surface area contributed by atoms with Gasteiger partial charge in [-0.2, -0.15) is 0 Å². The van der Waals surface area contributed by atoms with E-state index in [1.807, 2.05) is 18.2 Å². The van der Waals surface area contributed by atoms with Gasteiger partial charge in [-0.25, -0.2) is 4.39 Å². The first-order valence-electron chi connectivity index (χ1n) is 6.25. The van der Waals surface area contributed by atoms with Crippen LogP contribution >= 0.6 is 15.9 Å². The minimum atomic E-state index is -0.138. The number of benzene rings is 2. The predicted octanol–water partition coefficient (Wildman–Crippen LogP) is 4.65. The highest BCUT2D eigenvalue weighted by Crippen LogP contribution is 2.35. The largest absolute Gasteiger partial charge is 0.372 e. The Bertz CT molecular complexity index is 624. The molecule has 1 aliphatic heterocycles. The van der Waals surface area contributed by atoms with E-state index >= 15 is 0 Å². The Morgan fingerprint density at radius 3 is 2.79 bits per heavy atom. The van der Waals surface area contributed by atoms with E-state index in [0.29, 0.717) is 24.3 Å². The highest BCUT2D eigenvalue weighted by atomic mass is 79.9. The third-order valence-corrected chi connectivity index (χ3v) is 4.55. The number of ether oxygens (including phenoxy) is 1. The summed E-state index contributed by atoms with van der Waals surface area (Å²) in [5.41, 5.74) is 4.85. The molecule has 0 amide bonds. The molecule has 3 rings (SSSR count). The summed E-state index contributed by atoms with van der Waals surface area (Å²) < 4.78 is 19.6. The quantitative estimate of drug-likeness (QED) is 0.732. The molecule has 0 bridgehead atoms. The lowest BCUT2D eigenvalue weighted by atomic mass is 9.99. The fourth-order valence-corrected chi connectivity index (χ4v) is 3.03. The number of hydrogen-bond donors (Lipinski definition) is 0. The number of fused-ring (bicyclic) bond motifs is 1. The van der Waals surface area contributed by atoms with Gasteiger partial charge >= 0.3 is 0 Å². The lowest BCUT2D eigenvalue weighted by Crippen LogP contribution is -1.99. The zero-order chi connectivity index (χ0) is 13.4. The third kappa shape index (κ3) is 2.33. The normalized spacial score (nSPS) is 15.3. The van der Waals surface area contributed by atoms with Crippen LogP contribution in [0.15, 0.2) is 36.4 Å². The first-order valence-corrected chi connectivity index (χ1v) is 7.17. The van der Waals surface area contributed by atoms with Crippen molar-refractivity contribution in [3.8, 4) is 0 Å². The average molecular weight is 321 g/mol. The molecule has 3 heteroatoms. The predicted molar refractivity (Wildman–Crippen MR) is 76.8 cm³/mol. The molecule has 19 heavy (non-hydrogen) atoms.